The van der Waals surface area contributed by atoms with Gasteiger partial charge in [0.15, 0.2) is 11.8 Å². The predicted molar refractivity (Wildman–Crippen MR) is 121 cm³/mol. The fourth-order valence-corrected chi connectivity index (χ4v) is 3.64. The Labute approximate surface area is 179 Å². The molecular formula is C22H35N7O. The van der Waals surface area contributed by atoms with Gasteiger partial charge >= 0.3 is 0 Å². The number of benzene rings is 1. The molecule has 1 aliphatic heterocycles. The van der Waals surface area contributed by atoms with Gasteiger partial charge in [0, 0.05) is 59.2 Å². The van der Waals surface area contributed by atoms with E-state index in [0.29, 0.717) is 6.54 Å². The largest absolute Gasteiger partial charge is 0.385 e. The molecule has 0 bridgehead atoms. The molecule has 2 heterocycles. The zero-order valence-electron chi connectivity index (χ0n) is 19.0. The van der Waals surface area contributed by atoms with Crippen molar-refractivity contribution in [2.45, 2.75) is 33.7 Å². The van der Waals surface area contributed by atoms with Gasteiger partial charge in [0.1, 0.15) is 12.4 Å². The van der Waals surface area contributed by atoms with E-state index in [4.69, 9.17) is 9.73 Å². The van der Waals surface area contributed by atoms with E-state index in [1.807, 2.05) is 18.5 Å². The van der Waals surface area contributed by atoms with Gasteiger partial charge in [-0.05, 0) is 44.4 Å². The normalized spacial score (nSPS) is 15.0. The van der Waals surface area contributed by atoms with Crippen LogP contribution in [-0.4, -0.2) is 72.1 Å². The Hall–Kier alpha value is -2.61. The number of hydrogen-bond donors (Lipinski definition) is 1. The highest BCUT2D eigenvalue weighted by Crippen LogP contribution is 2.22. The number of ether oxygens (including phenoxy) is 1. The third-order valence-corrected chi connectivity index (χ3v) is 5.65. The van der Waals surface area contributed by atoms with Gasteiger partial charge in [-0.1, -0.05) is 12.1 Å². The van der Waals surface area contributed by atoms with Crippen molar-refractivity contribution in [1.29, 1.82) is 0 Å². The van der Waals surface area contributed by atoms with Crippen molar-refractivity contribution in [1.82, 2.24) is 25.0 Å². The Morgan fingerprint density at radius 2 is 1.90 bits per heavy atom. The number of rotatable bonds is 7. The molecule has 0 atom stereocenters. The molecule has 0 saturated carbocycles. The van der Waals surface area contributed by atoms with Gasteiger partial charge in [-0.2, -0.15) is 0 Å². The highest BCUT2D eigenvalue weighted by atomic mass is 16.5. The molecule has 1 saturated heterocycles. The third-order valence-electron chi connectivity index (χ3n) is 5.65. The van der Waals surface area contributed by atoms with E-state index in [9.17, 15) is 0 Å². The highest BCUT2D eigenvalue weighted by Gasteiger charge is 2.21. The minimum absolute atomic E-state index is 0.515. The second kappa shape index (κ2) is 10.4. The van der Waals surface area contributed by atoms with Crippen LogP contribution in [0.4, 0.5) is 5.69 Å². The van der Waals surface area contributed by atoms with Crippen molar-refractivity contribution in [3.05, 3.63) is 41.0 Å². The maximum absolute atomic E-state index is 5.18. The van der Waals surface area contributed by atoms with Gasteiger partial charge in [-0.25, -0.2) is 4.99 Å². The molecule has 1 aliphatic rings. The summed E-state index contributed by atoms with van der Waals surface area (Å²) in [5.41, 5.74) is 3.98. The van der Waals surface area contributed by atoms with E-state index in [1.54, 1.807) is 7.11 Å². The fourth-order valence-electron chi connectivity index (χ4n) is 3.64. The summed E-state index contributed by atoms with van der Waals surface area (Å²) in [6.07, 6.45) is 0.945. The van der Waals surface area contributed by atoms with Crippen LogP contribution in [0.15, 0.2) is 23.2 Å². The number of methoxy groups -OCH3 is 1. The SMILES string of the molecule is COCCCNC(=NCc1nnc(C)n1C)N1CCN(c2cc(C)ccc2C)CC1. The third kappa shape index (κ3) is 5.50. The zero-order chi connectivity index (χ0) is 21.5. The lowest BCUT2D eigenvalue weighted by atomic mass is 10.1. The van der Waals surface area contributed by atoms with Crippen molar-refractivity contribution < 1.29 is 4.74 Å². The molecule has 0 aliphatic carbocycles. The fraction of sp³-hybridized carbons (Fsp3) is 0.591. The topological polar surface area (TPSA) is 70.8 Å². The van der Waals surface area contributed by atoms with Gasteiger partial charge in [0.2, 0.25) is 0 Å². The van der Waals surface area contributed by atoms with Crippen molar-refractivity contribution in [2.75, 3.05) is 51.3 Å². The molecule has 1 aromatic carbocycles. The molecule has 0 unspecified atom stereocenters. The maximum Gasteiger partial charge on any atom is 0.194 e. The predicted octanol–water partition coefficient (Wildman–Crippen LogP) is 2.04. The van der Waals surface area contributed by atoms with Crippen LogP contribution in [0.3, 0.4) is 0 Å². The average Bonchev–Trinajstić information content (AvgIpc) is 3.07. The van der Waals surface area contributed by atoms with Crippen molar-refractivity contribution in [2.24, 2.45) is 12.0 Å². The van der Waals surface area contributed by atoms with Crippen molar-refractivity contribution in [3.63, 3.8) is 0 Å². The molecule has 3 rings (SSSR count). The number of nitrogens with zero attached hydrogens (tertiary/aromatic N) is 6. The molecule has 8 nitrogen and oxygen atoms in total. The van der Waals surface area contributed by atoms with Crippen LogP contribution in [-0.2, 0) is 18.3 Å². The highest BCUT2D eigenvalue weighted by molar-refractivity contribution is 5.80. The van der Waals surface area contributed by atoms with Crippen LogP contribution in [0.5, 0.6) is 0 Å². The van der Waals surface area contributed by atoms with Crippen LogP contribution in [0.2, 0.25) is 0 Å². The summed E-state index contributed by atoms with van der Waals surface area (Å²) >= 11 is 0. The molecular weight excluding hydrogens is 378 g/mol. The maximum atomic E-state index is 5.18. The average molecular weight is 414 g/mol. The molecule has 2 aromatic rings. The molecule has 30 heavy (non-hydrogen) atoms. The smallest absolute Gasteiger partial charge is 0.194 e. The van der Waals surface area contributed by atoms with E-state index in [2.05, 4.69) is 57.4 Å². The van der Waals surface area contributed by atoms with Crippen LogP contribution in [0.25, 0.3) is 0 Å². The number of anilines is 1. The summed E-state index contributed by atoms with van der Waals surface area (Å²) in [4.78, 5) is 9.69. The van der Waals surface area contributed by atoms with Gasteiger partial charge < -0.3 is 24.4 Å². The standard InChI is InChI=1S/C22H35N7O/c1-17-7-8-18(2)20(15-17)28-10-12-29(13-11-28)22(23-9-6-14-30-5)24-16-21-26-25-19(3)27(21)4/h7-8,15H,6,9-14,16H2,1-5H3,(H,23,24). The van der Waals surface area contributed by atoms with E-state index in [0.717, 1.165) is 63.4 Å². The zero-order valence-corrected chi connectivity index (χ0v) is 19.0. The molecule has 1 fully saturated rings. The first kappa shape index (κ1) is 22.1. The first-order valence-corrected chi connectivity index (χ1v) is 10.7. The molecule has 0 spiro atoms. The molecule has 164 valence electrons. The quantitative estimate of drug-likeness (QED) is 0.426. The number of aryl methyl sites for hydroxylation is 3. The van der Waals surface area contributed by atoms with Crippen LogP contribution < -0.4 is 10.2 Å². The Balaban J connectivity index is 1.66. The summed E-state index contributed by atoms with van der Waals surface area (Å²) in [5.74, 6) is 2.71. The Kier molecular flexibility index (Phi) is 7.68. The molecule has 1 aromatic heterocycles. The number of guanidine groups is 1. The Morgan fingerprint density at radius 1 is 1.13 bits per heavy atom. The molecule has 8 heteroatoms. The van der Waals surface area contributed by atoms with Gasteiger partial charge in [-0.15, -0.1) is 10.2 Å². The lowest BCUT2D eigenvalue weighted by Crippen LogP contribution is -2.53. The molecule has 1 N–H and O–H groups in total. The van der Waals surface area contributed by atoms with Gasteiger partial charge in [-0.3, -0.25) is 0 Å². The van der Waals surface area contributed by atoms with Crippen molar-refractivity contribution in [3.8, 4) is 0 Å². The number of nitrogens with one attached hydrogen (secondary N) is 1. The summed E-state index contributed by atoms with van der Waals surface area (Å²) in [6, 6.07) is 6.68. The second-order valence-electron chi connectivity index (χ2n) is 7.90. The van der Waals surface area contributed by atoms with E-state index < -0.39 is 0 Å². The lowest BCUT2D eigenvalue weighted by Gasteiger charge is -2.38. The monoisotopic (exact) mass is 413 g/mol. The first-order valence-electron chi connectivity index (χ1n) is 10.7. The van der Waals surface area contributed by atoms with E-state index in [-0.39, 0.29) is 0 Å². The minimum Gasteiger partial charge on any atom is -0.385 e. The number of hydrogen-bond acceptors (Lipinski definition) is 5. The van der Waals surface area contributed by atoms with Gasteiger partial charge in [0.05, 0.1) is 0 Å². The van der Waals surface area contributed by atoms with E-state index >= 15 is 0 Å². The lowest BCUT2D eigenvalue weighted by molar-refractivity contribution is 0.195. The Bertz CT molecular complexity index is 853. The molecule has 0 radical (unpaired) electrons. The number of aromatic nitrogens is 3. The summed E-state index contributed by atoms with van der Waals surface area (Å²) < 4.78 is 7.17. The number of aliphatic imine (C=N–C) groups is 1. The second-order valence-corrected chi connectivity index (χ2v) is 7.90. The Morgan fingerprint density at radius 3 is 2.57 bits per heavy atom. The summed E-state index contributed by atoms with van der Waals surface area (Å²) in [5, 5.41) is 11.9. The summed E-state index contributed by atoms with van der Waals surface area (Å²) in [7, 11) is 3.72. The van der Waals surface area contributed by atoms with Crippen LogP contribution in [0, 0.1) is 20.8 Å². The van der Waals surface area contributed by atoms with Crippen LogP contribution >= 0.6 is 0 Å². The van der Waals surface area contributed by atoms with Crippen molar-refractivity contribution >= 4 is 11.6 Å². The van der Waals surface area contributed by atoms with Gasteiger partial charge in [0.25, 0.3) is 0 Å². The first-order chi connectivity index (χ1) is 14.5. The summed E-state index contributed by atoms with van der Waals surface area (Å²) in [6.45, 7) is 12.2. The molecule has 0 amide bonds. The minimum atomic E-state index is 0.515. The van der Waals surface area contributed by atoms with E-state index in [1.165, 1.54) is 16.8 Å². The number of piperazine rings is 1. The van der Waals surface area contributed by atoms with Crippen LogP contribution in [0.1, 0.15) is 29.2 Å².